The summed E-state index contributed by atoms with van der Waals surface area (Å²) in [6.07, 6.45) is 2.34. The molecule has 1 atom stereocenters. The average Bonchev–Trinajstić information content (AvgIpc) is 2.95. The number of hydrogen-bond acceptors (Lipinski definition) is 3. The summed E-state index contributed by atoms with van der Waals surface area (Å²) in [7, 11) is 0. The standard InChI is InChI=1S/C19H25ClN4/c1-13(2)24-8-4-5-17(12-24)22-14(3)21-11-18-10-15-9-16(20)6-7-19(15)23-18/h6-7,9-10,17,21-23H,1,3-5,8,11-12H2,2H3. The van der Waals surface area contributed by atoms with Crippen molar-refractivity contribution < 1.29 is 0 Å². The SMILES string of the molecule is C=C(NCc1cc2cc(Cl)ccc2[nH]1)NC1CCCN(C(=C)C)C1. The molecule has 3 rings (SSSR count). The van der Waals surface area contributed by atoms with Crippen LogP contribution in [-0.2, 0) is 6.54 Å². The van der Waals surface area contributed by atoms with E-state index in [4.69, 9.17) is 11.6 Å². The zero-order valence-corrected chi connectivity index (χ0v) is 14.9. The molecule has 4 nitrogen and oxygen atoms in total. The van der Waals surface area contributed by atoms with Gasteiger partial charge in [-0.1, -0.05) is 24.8 Å². The number of aromatic nitrogens is 1. The molecule has 3 N–H and O–H groups in total. The molecular formula is C19H25ClN4. The minimum atomic E-state index is 0.414. The van der Waals surface area contributed by atoms with E-state index >= 15 is 0 Å². The van der Waals surface area contributed by atoms with Crippen LogP contribution in [0.3, 0.4) is 0 Å². The van der Waals surface area contributed by atoms with E-state index in [1.54, 1.807) is 0 Å². The summed E-state index contributed by atoms with van der Waals surface area (Å²) in [6.45, 7) is 13.0. The third-order valence-electron chi connectivity index (χ3n) is 4.47. The number of rotatable bonds is 6. The fourth-order valence-electron chi connectivity index (χ4n) is 3.20. The Labute approximate surface area is 148 Å². The van der Waals surface area contributed by atoms with Gasteiger partial charge in [-0.15, -0.1) is 0 Å². The molecule has 1 fully saturated rings. The highest BCUT2D eigenvalue weighted by molar-refractivity contribution is 6.31. The molecule has 24 heavy (non-hydrogen) atoms. The number of likely N-dealkylation sites (tertiary alicyclic amines) is 1. The Hall–Kier alpha value is -2.07. The Bertz CT molecular complexity index is 749. The van der Waals surface area contributed by atoms with Gasteiger partial charge in [0, 0.05) is 46.4 Å². The van der Waals surface area contributed by atoms with Crippen molar-refractivity contribution in [2.75, 3.05) is 13.1 Å². The summed E-state index contributed by atoms with van der Waals surface area (Å²) in [6, 6.07) is 8.40. The van der Waals surface area contributed by atoms with Crippen molar-refractivity contribution in [1.82, 2.24) is 20.5 Å². The molecule has 0 bridgehead atoms. The van der Waals surface area contributed by atoms with Crippen molar-refractivity contribution in [2.45, 2.75) is 32.4 Å². The normalized spacial score (nSPS) is 17.8. The van der Waals surface area contributed by atoms with E-state index in [1.807, 2.05) is 18.2 Å². The van der Waals surface area contributed by atoms with Crippen molar-refractivity contribution in [1.29, 1.82) is 0 Å². The molecule has 128 valence electrons. The lowest BCUT2D eigenvalue weighted by molar-refractivity contribution is 0.241. The molecule has 2 aromatic rings. The topological polar surface area (TPSA) is 43.1 Å². The quantitative estimate of drug-likeness (QED) is 0.742. The van der Waals surface area contributed by atoms with Crippen LogP contribution in [0.1, 0.15) is 25.5 Å². The van der Waals surface area contributed by atoms with Crippen LogP contribution in [0, 0.1) is 0 Å². The maximum atomic E-state index is 6.03. The van der Waals surface area contributed by atoms with E-state index in [-0.39, 0.29) is 0 Å². The molecule has 0 aliphatic carbocycles. The fraction of sp³-hybridized carbons (Fsp3) is 0.368. The summed E-state index contributed by atoms with van der Waals surface area (Å²) in [5, 5.41) is 8.73. The van der Waals surface area contributed by atoms with Crippen LogP contribution in [0.2, 0.25) is 5.02 Å². The van der Waals surface area contributed by atoms with Gasteiger partial charge in [0.05, 0.1) is 12.4 Å². The minimum absolute atomic E-state index is 0.414. The van der Waals surface area contributed by atoms with Crippen LogP contribution in [-0.4, -0.2) is 29.0 Å². The van der Waals surface area contributed by atoms with Gasteiger partial charge in [-0.05, 0) is 44.0 Å². The van der Waals surface area contributed by atoms with Crippen molar-refractivity contribution in [3.05, 3.63) is 59.7 Å². The fourth-order valence-corrected chi connectivity index (χ4v) is 3.38. The first-order valence-electron chi connectivity index (χ1n) is 8.38. The number of halogens is 1. The first-order valence-corrected chi connectivity index (χ1v) is 8.76. The van der Waals surface area contributed by atoms with Crippen molar-refractivity contribution in [3.63, 3.8) is 0 Å². The van der Waals surface area contributed by atoms with E-state index in [1.165, 1.54) is 6.42 Å². The number of H-pyrrole nitrogens is 1. The molecule has 5 heteroatoms. The predicted octanol–water partition coefficient (Wildman–Crippen LogP) is 3.97. The van der Waals surface area contributed by atoms with E-state index in [2.05, 4.69) is 46.7 Å². The first-order chi connectivity index (χ1) is 11.5. The molecular weight excluding hydrogens is 320 g/mol. The smallest absolute Gasteiger partial charge is 0.0918 e. The monoisotopic (exact) mass is 344 g/mol. The second-order valence-electron chi connectivity index (χ2n) is 6.52. The van der Waals surface area contributed by atoms with Crippen LogP contribution in [0.25, 0.3) is 10.9 Å². The number of aromatic amines is 1. The van der Waals surface area contributed by atoms with Gasteiger partial charge in [0.2, 0.25) is 0 Å². The third-order valence-corrected chi connectivity index (χ3v) is 4.71. The number of benzene rings is 1. The lowest BCUT2D eigenvalue weighted by Gasteiger charge is -2.35. The Balaban J connectivity index is 1.52. The number of allylic oxidation sites excluding steroid dienone is 1. The lowest BCUT2D eigenvalue weighted by Crippen LogP contribution is -2.46. The molecule has 0 amide bonds. The van der Waals surface area contributed by atoms with Gasteiger partial charge in [0.1, 0.15) is 0 Å². The molecule has 2 heterocycles. The number of nitrogens with one attached hydrogen (secondary N) is 3. The number of piperidine rings is 1. The van der Waals surface area contributed by atoms with E-state index in [0.717, 1.165) is 52.6 Å². The zero-order valence-electron chi connectivity index (χ0n) is 14.2. The highest BCUT2D eigenvalue weighted by Gasteiger charge is 2.19. The summed E-state index contributed by atoms with van der Waals surface area (Å²) >= 11 is 6.03. The minimum Gasteiger partial charge on any atom is -0.373 e. The number of hydrogen-bond donors (Lipinski definition) is 3. The van der Waals surface area contributed by atoms with Gasteiger partial charge >= 0.3 is 0 Å². The average molecular weight is 345 g/mol. The van der Waals surface area contributed by atoms with Gasteiger partial charge in [0.15, 0.2) is 0 Å². The Morgan fingerprint density at radius 1 is 1.38 bits per heavy atom. The summed E-state index contributed by atoms with van der Waals surface area (Å²) in [5.41, 5.74) is 3.35. The largest absolute Gasteiger partial charge is 0.373 e. The van der Waals surface area contributed by atoms with Crippen LogP contribution in [0.4, 0.5) is 0 Å². The van der Waals surface area contributed by atoms with Crippen LogP contribution < -0.4 is 10.6 Å². The van der Waals surface area contributed by atoms with Gasteiger partial charge in [-0.2, -0.15) is 0 Å². The highest BCUT2D eigenvalue weighted by Crippen LogP contribution is 2.20. The van der Waals surface area contributed by atoms with Crippen LogP contribution in [0.5, 0.6) is 0 Å². The predicted molar refractivity (Wildman–Crippen MR) is 102 cm³/mol. The highest BCUT2D eigenvalue weighted by atomic mass is 35.5. The summed E-state index contributed by atoms with van der Waals surface area (Å²) < 4.78 is 0. The molecule has 1 aliphatic heterocycles. The molecule has 0 radical (unpaired) electrons. The van der Waals surface area contributed by atoms with E-state index < -0.39 is 0 Å². The first kappa shape index (κ1) is 16.8. The van der Waals surface area contributed by atoms with Crippen LogP contribution in [0.15, 0.2) is 48.9 Å². The Morgan fingerprint density at radius 3 is 3.00 bits per heavy atom. The Kier molecular flexibility index (Phi) is 5.05. The molecule has 1 aromatic carbocycles. The number of nitrogens with zero attached hydrogens (tertiary/aromatic N) is 1. The van der Waals surface area contributed by atoms with E-state index in [0.29, 0.717) is 12.6 Å². The second kappa shape index (κ2) is 7.22. The summed E-state index contributed by atoms with van der Waals surface area (Å²) in [5.74, 6) is 0.861. The van der Waals surface area contributed by atoms with Gasteiger partial charge in [-0.25, -0.2) is 0 Å². The summed E-state index contributed by atoms with van der Waals surface area (Å²) in [4.78, 5) is 5.72. The zero-order chi connectivity index (χ0) is 17.1. The van der Waals surface area contributed by atoms with Crippen molar-refractivity contribution in [2.24, 2.45) is 0 Å². The second-order valence-corrected chi connectivity index (χ2v) is 6.96. The maximum absolute atomic E-state index is 6.03. The molecule has 1 unspecified atom stereocenters. The molecule has 0 spiro atoms. The van der Waals surface area contributed by atoms with Crippen molar-refractivity contribution >= 4 is 22.5 Å². The Morgan fingerprint density at radius 2 is 2.21 bits per heavy atom. The van der Waals surface area contributed by atoms with Gasteiger partial charge < -0.3 is 20.5 Å². The molecule has 1 aliphatic rings. The molecule has 0 saturated carbocycles. The number of fused-ring (bicyclic) bond motifs is 1. The van der Waals surface area contributed by atoms with Crippen molar-refractivity contribution in [3.8, 4) is 0 Å². The third kappa shape index (κ3) is 4.06. The van der Waals surface area contributed by atoms with Crippen LogP contribution >= 0.6 is 11.6 Å². The van der Waals surface area contributed by atoms with E-state index in [9.17, 15) is 0 Å². The lowest BCUT2D eigenvalue weighted by atomic mass is 10.1. The molecule has 1 saturated heterocycles. The maximum Gasteiger partial charge on any atom is 0.0918 e. The molecule has 1 aromatic heterocycles. The van der Waals surface area contributed by atoms with Gasteiger partial charge in [0.25, 0.3) is 0 Å². The van der Waals surface area contributed by atoms with Gasteiger partial charge in [-0.3, -0.25) is 0 Å².